The zero-order valence-electron chi connectivity index (χ0n) is 14.3. The lowest BCUT2D eigenvalue weighted by atomic mass is 9.85. The molecule has 3 aromatic rings. The Morgan fingerprint density at radius 3 is 2.73 bits per heavy atom. The summed E-state index contributed by atoms with van der Waals surface area (Å²) >= 11 is 0. The number of amides is 2. The quantitative estimate of drug-likeness (QED) is 0.633. The van der Waals surface area contributed by atoms with Gasteiger partial charge in [-0.1, -0.05) is 25.3 Å². The molecule has 0 bridgehead atoms. The van der Waals surface area contributed by atoms with Crippen LogP contribution in [0, 0.1) is 5.82 Å². The van der Waals surface area contributed by atoms with Gasteiger partial charge in [-0.25, -0.2) is 19.2 Å². The van der Waals surface area contributed by atoms with Crippen molar-refractivity contribution in [2.75, 3.05) is 10.6 Å². The predicted octanol–water partition coefficient (Wildman–Crippen LogP) is 4.79. The highest BCUT2D eigenvalue weighted by Gasteiger charge is 2.16. The molecule has 0 spiro atoms. The second-order valence-electron chi connectivity index (χ2n) is 6.64. The summed E-state index contributed by atoms with van der Waals surface area (Å²) in [6, 6.07) is 4.74. The van der Waals surface area contributed by atoms with Crippen LogP contribution in [0.5, 0.6) is 0 Å². The Balaban J connectivity index is 1.41. The second-order valence-corrected chi connectivity index (χ2v) is 6.64. The maximum absolute atomic E-state index is 13.4. The van der Waals surface area contributed by atoms with E-state index in [2.05, 4.69) is 25.6 Å². The van der Waals surface area contributed by atoms with Crippen molar-refractivity contribution >= 4 is 28.6 Å². The number of carbonyl (C=O) groups excluding carboxylic acids is 1. The van der Waals surface area contributed by atoms with Crippen LogP contribution in [0.2, 0.25) is 0 Å². The van der Waals surface area contributed by atoms with E-state index in [1.54, 1.807) is 6.20 Å². The lowest BCUT2D eigenvalue weighted by Crippen LogP contribution is -2.20. The van der Waals surface area contributed by atoms with Crippen LogP contribution < -0.4 is 10.6 Å². The lowest BCUT2D eigenvalue weighted by molar-refractivity contribution is 0.262. The van der Waals surface area contributed by atoms with Crippen LogP contribution in [0.4, 0.5) is 20.7 Å². The minimum atomic E-state index is -0.458. The molecule has 0 saturated heterocycles. The highest BCUT2D eigenvalue weighted by Crippen LogP contribution is 2.32. The van der Waals surface area contributed by atoms with Crippen LogP contribution in [0.1, 0.15) is 43.6 Å². The summed E-state index contributed by atoms with van der Waals surface area (Å²) in [4.78, 5) is 23.4. The molecule has 26 heavy (non-hydrogen) atoms. The number of anilines is 2. The van der Waals surface area contributed by atoms with Crippen LogP contribution in [0.3, 0.4) is 0 Å². The number of urea groups is 1. The molecule has 7 heteroatoms. The molecule has 1 aliphatic rings. The third kappa shape index (κ3) is 3.51. The highest BCUT2D eigenvalue weighted by atomic mass is 19.1. The second kappa shape index (κ2) is 7.11. The van der Waals surface area contributed by atoms with Crippen molar-refractivity contribution < 1.29 is 9.18 Å². The standard InChI is InChI=1S/C19H20FN5O/c20-14-8-15-16(11-23-18(15)22-10-14)24-19(26)25-17-7-6-13(9-21-17)12-4-2-1-3-5-12/h6-12H,1-5H2,(H,22,23)(H2,21,24,25,26). The number of aromatic nitrogens is 3. The van der Waals surface area contributed by atoms with Gasteiger partial charge in [-0.2, -0.15) is 0 Å². The van der Waals surface area contributed by atoms with Crippen molar-refractivity contribution in [3.63, 3.8) is 0 Å². The minimum absolute atomic E-state index is 0.437. The maximum Gasteiger partial charge on any atom is 0.324 e. The minimum Gasteiger partial charge on any atom is -0.344 e. The normalized spacial score (nSPS) is 15.1. The molecular weight excluding hydrogens is 333 g/mol. The summed E-state index contributed by atoms with van der Waals surface area (Å²) in [6.07, 6.45) is 10.8. The van der Waals surface area contributed by atoms with Crippen molar-refractivity contribution in [3.8, 4) is 0 Å². The molecule has 1 aliphatic carbocycles. The number of fused-ring (bicyclic) bond motifs is 1. The number of nitrogens with one attached hydrogen (secondary N) is 3. The molecule has 3 aromatic heterocycles. The fraction of sp³-hybridized carbons (Fsp3) is 0.316. The van der Waals surface area contributed by atoms with Crippen molar-refractivity contribution in [3.05, 3.63) is 48.2 Å². The van der Waals surface area contributed by atoms with E-state index >= 15 is 0 Å². The smallest absolute Gasteiger partial charge is 0.324 e. The summed E-state index contributed by atoms with van der Waals surface area (Å²) in [6.45, 7) is 0. The summed E-state index contributed by atoms with van der Waals surface area (Å²) in [5.41, 5.74) is 2.20. The third-order valence-electron chi connectivity index (χ3n) is 4.85. The summed E-state index contributed by atoms with van der Waals surface area (Å²) in [7, 11) is 0. The van der Waals surface area contributed by atoms with Gasteiger partial charge in [0.1, 0.15) is 17.3 Å². The van der Waals surface area contributed by atoms with Gasteiger partial charge >= 0.3 is 6.03 Å². The van der Waals surface area contributed by atoms with Gasteiger partial charge in [0.15, 0.2) is 0 Å². The first kappa shape index (κ1) is 16.5. The molecule has 0 atom stereocenters. The molecule has 0 radical (unpaired) electrons. The number of carbonyl (C=O) groups is 1. The SMILES string of the molecule is O=C(Nc1ccc(C2CCCCC2)cn1)Nc1c[nH]c2ncc(F)cc12. The Morgan fingerprint density at radius 2 is 1.96 bits per heavy atom. The summed E-state index contributed by atoms with van der Waals surface area (Å²) in [5, 5.41) is 5.91. The van der Waals surface area contributed by atoms with E-state index in [0.29, 0.717) is 28.5 Å². The molecule has 4 rings (SSSR count). The molecule has 3 N–H and O–H groups in total. The Hall–Kier alpha value is -2.96. The number of H-pyrrole nitrogens is 1. The van der Waals surface area contributed by atoms with Crippen molar-refractivity contribution in [2.45, 2.75) is 38.0 Å². The molecule has 1 saturated carbocycles. The molecule has 0 aromatic carbocycles. The number of nitrogens with zero attached hydrogens (tertiary/aromatic N) is 2. The van der Waals surface area contributed by atoms with E-state index in [1.807, 2.05) is 18.3 Å². The van der Waals surface area contributed by atoms with E-state index in [9.17, 15) is 9.18 Å². The molecule has 6 nitrogen and oxygen atoms in total. The molecule has 0 aliphatic heterocycles. The van der Waals surface area contributed by atoms with Crippen LogP contribution >= 0.6 is 0 Å². The first-order valence-corrected chi connectivity index (χ1v) is 8.85. The van der Waals surface area contributed by atoms with E-state index < -0.39 is 11.8 Å². The molecule has 3 heterocycles. The van der Waals surface area contributed by atoms with Crippen LogP contribution in [-0.2, 0) is 0 Å². The van der Waals surface area contributed by atoms with Gasteiger partial charge in [-0.15, -0.1) is 0 Å². The maximum atomic E-state index is 13.4. The van der Waals surface area contributed by atoms with E-state index in [0.717, 1.165) is 6.20 Å². The van der Waals surface area contributed by atoms with E-state index in [-0.39, 0.29) is 0 Å². The molecular formula is C19H20FN5O. The zero-order chi connectivity index (χ0) is 17.9. The van der Waals surface area contributed by atoms with Gasteiger partial charge in [0.2, 0.25) is 0 Å². The van der Waals surface area contributed by atoms with Crippen molar-refractivity contribution in [1.29, 1.82) is 0 Å². The Labute approximate surface area is 150 Å². The van der Waals surface area contributed by atoms with E-state index in [4.69, 9.17) is 0 Å². The van der Waals surface area contributed by atoms with Gasteiger partial charge < -0.3 is 10.3 Å². The van der Waals surface area contributed by atoms with Gasteiger partial charge in [-0.3, -0.25) is 5.32 Å². The molecule has 2 amide bonds. The number of rotatable bonds is 3. The van der Waals surface area contributed by atoms with Gasteiger partial charge in [0.25, 0.3) is 0 Å². The number of hydrogen-bond acceptors (Lipinski definition) is 3. The molecule has 134 valence electrons. The molecule has 1 fully saturated rings. The average molecular weight is 353 g/mol. The largest absolute Gasteiger partial charge is 0.344 e. The molecule has 0 unspecified atom stereocenters. The summed E-state index contributed by atoms with van der Waals surface area (Å²) < 4.78 is 13.4. The van der Waals surface area contributed by atoms with Crippen LogP contribution in [0.15, 0.2) is 36.8 Å². The topological polar surface area (TPSA) is 82.7 Å². The number of pyridine rings is 2. The summed E-state index contributed by atoms with van der Waals surface area (Å²) in [5.74, 6) is 0.597. The number of halogens is 1. The van der Waals surface area contributed by atoms with Gasteiger partial charge in [0, 0.05) is 17.8 Å². The van der Waals surface area contributed by atoms with Crippen molar-refractivity contribution in [1.82, 2.24) is 15.0 Å². The van der Waals surface area contributed by atoms with Crippen LogP contribution in [-0.4, -0.2) is 21.0 Å². The first-order chi connectivity index (χ1) is 12.7. The highest BCUT2D eigenvalue weighted by molar-refractivity contribution is 6.04. The zero-order valence-corrected chi connectivity index (χ0v) is 14.3. The van der Waals surface area contributed by atoms with Crippen LogP contribution in [0.25, 0.3) is 11.0 Å². The van der Waals surface area contributed by atoms with Crippen molar-refractivity contribution in [2.24, 2.45) is 0 Å². The van der Waals surface area contributed by atoms with E-state index in [1.165, 1.54) is 43.7 Å². The van der Waals surface area contributed by atoms with Gasteiger partial charge in [0.05, 0.1) is 11.9 Å². The van der Waals surface area contributed by atoms with Gasteiger partial charge in [-0.05, 0) is 36.5 Å². The third-order valence-corrected chi connectivity index (χ3v) is 4.85. The fourth-order valence-electron chi connectivity index (χ4n) is 3.51. The Kier molecular flexibility index (Phi) is 4.51. The number of aromatic amines is 1. The average Bonchev–Trinajstić information content (AvgIpc) is 3.05. The predicted molar refractivity (Wildman–Crippen MR) is 98.8 cm³/mol. The first-order valence-electron chi connectivity index (χ1n) is 8.85. The lowest BCUT2D eigenvalue weighted by Gasteiger charge is -2.21. The Morgan fingerprint density at radius 1 is 1.12 bits per heavy atom. The fourth-order valence-corrected chi connectivity index (χ4v) is 3.51. The monoisotopic (exact) mass is 353 g/mol. The number of hydrogen-bond donors (Lipinski definition) is 3. The Bertz CT molecular complexity index is 915.